The molecule has 0 unspecified atom stereocenters. The minimum absolute atomic E-state index is 0.00413. The van der Waals surface area contributed by atoms with Crippen LogP contribution in [0.15, 0.2) is 48.2 Å². The lowest BCUT2D eigenvalue weighted by molar-refractivity contribution is -0.114. The number of aromatic nitrogens is 1. The molecule has 1 saturated carbocycles. The van der Waals surface area contributed by atoms with E-state index in [0.29, 0.717) is 11.3 Å². The summed E-state index contributed by atoms with van der Waals surface area (Å²) in [6.07, 6.45) is 7.31. The Morgan fingerprint density at radius 3 is 2.54 bits per heavy atom. The molecule has 5 heteroatoms. The van der Waals surface area contributed by atoms with Crippen molar-refractivity contribution in [2.75, 3.05) is 11.7 Å². The summed E-state index contributed by atoms with van der Waals surface area (Å²) in [6.45, 7) is 4.18. The number of ether oxygens (including phenoxy) is 2. The standard InChI is InChI=1S/C23H26N2O3/c1-16(2)22(17-11-12-19-20(14-17)28-15-27-19)23(26)25(18-8-4-3-5-9-18)21-10-6-7-13-24-21/h6-7,10-14,18H,3-5,8-9,15H2,1-2H3. The summed E-state index contributed by atoms with van der Waals surface area (Å²) in [7, 11) is 0. The second-order valence-corrected chi connectivity index (χ2v) is 7.60. The summed E-state index contributed by atoms with van der Waals surface area (Å²) in [4.78, 5) is 20.3. The van der Waals surface area contributed by atoms with Crippen LogP contribution in [-0.4, -0.2) is 23.7 Å². The van der Waals surface area contributed by atoms with Crippen LogP contribution in [0, 0.1) is 0 Å². The van der Waals surface area contributed by atoms with E-state index in [1.54, 1.807) is 6.20 Å². The second-order valence-electron chi connectivity index (χ2n) is 7.60. The number of fused-ring (bicyclic) bond motifs is 1. The summed E-state index contributed by atoms with van der Waals surface area (Å²) in [5.74, 6) is 2.13. The first kappa shape index (κ1) is 18.5. The number of hydrogen-bond donors (Lipinski definition) is 0. The third kappa shape index (κ3) is 3.61. The average Bonchev–Trinajstić information content (AvgIpc) is 3.18. The highest BCUT2D eigenvalue weighted by Gasteiger charge is 2.31. The molecular formula is C23H26N2O3. The predicted octanol–water partition coefficient (Wildman–Crippen LogP) is 4.97. The number of carbonyl (C=O) groups is 1. The van der Waals surface area contributed by atoms with Crippen molar-refractivity contribution in [1.29, 1.82) is 0 Å². The number of allylic oxidation sites excluding steroid dienone is 1. The molecule has 0 spiro atoms. The molecule has 0 bridgehead atoms. The molecule has 28 heavy (non-hydrogen) atoms. The lowest BCUT2D eigenvalue weighted by Crippen LogP contribution is -2.42. The quantitative estimate of drug-likeness (QED) is 0.705. The molecule has 0 N–H and O–H groups in total. The van der Waals surface area contributed by atoms with Gasteiger partial charge in [0.15, 0.2) is 11.5 Å². The van der Waals surface area contributed by atoms with Crippen molar-refractivity contribution in [3.63, 3.8) is 0 Å². The maximum Gasteiger partial charge on any atom is 0.260 e. The summed E-state index contributed by atoms with van der Waals surface area (Å²) < 4.78 is 11.0. The van der Waals surface area contributed by atoms with Crippen LogP contribution in [-0.2, 0) is 4.79 Å². The molecule has 1 aliphatic carbocycles. The molecule has 1 amide bonds. The van der Waals surface area contributed by atoms with E-state index in [0.717, 1.165) is 48.4 Å². The molecule has 2 aromatic rings. The number of amides is 1. The minimum Gasteiger partial charge on any atom is -0.454 e. The molecule has 1 fully saturated rings. The van der Waals surface area contributed by atoms with Gasteiger partial charge in [0.2, 0.25) is 6.79 Å². The summed E-state index contributed by atoms with van der Waals surface area (Å²) in [6, 6.07) is 11.6. The van der Waals surface area contributed by atoms with Gasteiger partial charge in [-0.2, -0.15) is 0 Å². The fourth-order valence-corrected chi connectivity index (χ4v) is 4.09. The van der Waals surface area contributed by atoms with Gasteiger partial charge in [0.1, 0.15) is 5.82 Å². The molecule has 2 aliphatic rings. The van der Waals surface area contributed by atoms with Gasteiger partial charge in [0, 0.05) is 17.8 Å². The fraction of sp³-hybridized carbons (Fsp3) is 0.391. The van der Waals surface area contributed by atoms with Crippen LogP contribution in [0.2, 0.25) is 0 Å². The summed E-state index contributed by atoms with van der Waals surface area (Å²) in [5.41, 5.74) is 2.53. The number of hydrogen-bond acceptors (Lipinski definition) is 4. The van der Waals surface area contributed by atoms with Crippen LogP contribution in [0.1, 0.15) is 51.5 Å². The van der Waals surface area contributed by atoms with Crippen molar-refractivity contribution < 1.29 is 14.3 Å². The van der Waals surface area contributed by atoms with E-state index >= 15 is 0 Å². The normalized spacial score (nSPS) is 15.9. The Balaban J connectivity index is 1.74. The van der Waals surface area contributed by atoms with Crippen LogP contribution in [0.25, 0.3) is 5.57 Å². The Morgan fingerprint density at radius 1 is 1.04 bits per heavy atom. The van der Waals surface area contributed by atoms with Gasteiger partial charge in [-0.05, 0) is 56.5 Å². The van der Waals surface area contributed by atoms with E-state index in [-0.39, 0.29) is 18.7 Å². The first-order valence-corrected chi connectivity index (χ1v) is 9.97. The predicted molar refractivity (Wildman–Crippen MR) is 109 cm³/mol. The summed E-state index contributed by atoms with van der Waals surface area (Å²) in [5, 5.41) is 0. The topological polar surface area (TPSA) is 51.7 Å². The van der Waals surface area contributed by atoms with Gasteiger partial charge in [-0.25, -0.2) is 4.98 Å². The van der Waals surface area contributed by atoms with Crippen LogP contribution < -0.4 is 14.4 Å². The Kier molecular flexibility index (Phi) is 5.33. The monoisotopic (exact) mass is 378 g/mol. The molecule has 1 aromatic carbocycles. The van der Waals surface area contributed by atoms with Gasteiger partial charge in [-0.1, -0.05) is 37.0 Å². The lowest BCUT2D eigenvalue weighted by atomic mass is 9.92. The molecular weight excluding hydrogens is 352 g/mol. The highest BCUT2D eigenvalue weighted by molar-refractivity contribution is 6.27. The SMILES string of the molecule is CC(C)=C(C(=O)N(c1ccccn1)C1CCCCC1)c1ccc2c(c1)OCO2. The zero-order valence-electron chi connectivity index (χ0n) is 16.5. The molecule has 0 atom stereocenters. The third-order valence-corrected chi connectivity index (χ3v) is 5.43. The highest BCUT2D eigenvalue weighted by Crippen LogP contribution is 2.37. The largest absolute Gasteiger partial charge is 0.454 e. The van der Waals surface area contributed by atoms with E-state index in [1.807, 2.05) is 55.1 Å². The molecule has 1 aromatic heterocycles. The van der Waals surface area contributed by atoms with Crippen LogP contribution in [0.4, 0.5) is 5.82 Å². The first-order valence-electron chi connectivity index (χ1n) is 9.97. The van der Waals surface area contributed by atoms with Crippen molar-refractivity contribution in [3.05, 3.63) is 53.7 Å². The number of anilines is 1. The smallest absolute Gasteiger partial charge is 0.260 e. The molecule has 0 radical (unpaired) electrons. The Labute approximate surface area is 166 Å². The molecule has 0 saturated heterocycles. The van der Waals surface area contributed by atoms with Gasteiger partial charge >= 0.3 is 0 Å². The van der Waals surface area contributed by atoms with Crippen LogP contribution in [0.3, 0.4) is 0 Å². The zero-order valence-corrected chi connectivity index (χ0v) is 16.5. The molecule has 1 aliphatic heterocycles. The fourth-order valence-electron chi connectivity index (χ4n) is 4.09. The number of rotatable bonds is 4. The second kappa shape index (κ2) is 8.05. The lowest BCUT2D eigenvalue weighted by Gasteiger charge is -2.34. The highest BCUT2D eigenvalue weighted by atomic mass is 16.7. The van der Waals surface area contributed by atoms with Crippen LogP contribution in [0.5, 0.6) is 11.5 Å². The van der Waals surface area contributed by atoms with E-state index in [2.05, 4.69) is 4.98 Å². The van der Waals surface area contributed by atoms with E-state index < -0.39 is 0 Å². The molecule has 5 nitrogen and oxygen atoms in total. The van der Waals surface area contributed by atoms with Crippen molar-refractivity contribution in [2.24, 2.45) is 0 Å². The van der Waals surface area contributed by atoms with Gasteiger partial charge in [-0.15, -0.1) is 0 Å². The number of nitrogens with zero attached hydrogens (tertiary/aromatic N) is 2. The van der Waals surface area contributed by atoms with Gasteiger partial charge in [0.25, 0.3) is 5.91 Å². The number of carbonyl (C=O) groups excluding carboxylic acids is 1. The van der Waals surface area contributed by atoms with Crippen molar-refractivity contribution in [3.8, 4) is 11.5 Å². The van der Waals surface area contributed by atoms with E-state index in [9.17, 15) is 4.79 Å². The Hall–Kier alpha value is -2.82. The Bertz CT molecular complexity index is 882. The average molecular weight is 378 g/mol. The van der Waals surface area contributed by atoms with Crippen LogP contribution >= 0.6 is 0 Å². The Morgan fingerprint density at radius 2 is 1.82 bits per heavy atom. The number of pyridine rings is 1. The first-order chi connectivity index (χ1) is 13.6. The number of benzene rings is 1. The van der Waals surface area contributed by atoms with Gasteiger partial charge < -0.3 is 9.47 Å². The third-order valence-electron chi connectivity index (χ3n) is 5.43. The molecule has 4 rings (SSSR count). The van der Waals surface area contributed by atoms with Gasteiger partial charge in [-0.3, -0.25) is 9.69 Å². The molecule has 146 valence electrons. The van der Waals surface area contributed by atoms with Gasteiger partial charge in [0.05, 0.1) is 0 Å². The van der Waals surface area contributed by atoms with Crippen molar-refractivity contribution >= 4 is 17.3 Å². The summed E-state index contributed by atoms with van der Waals surface area (Å²) >= 11 is 0. The van der Waals surface area contributed by atoms with E-state index in [1.165, 1.54) is 6.42 Å². The van der Waals surface area contributed by atoms with E-state index in [4.69, 9.17) is 9.47 Å². The molecule has 2 heterocycles. The maximum absolute atomic E-state index is 13.8. The minimum atomic E-state index is 0.00413. The maximum atomic E-state index is 13.8. The van der Waals surface area contributed by atoms with Crippen molar-refractivity contribution in [1.82, 2.24) is 4.98 Å². The van der Waals surface area contributed by atoms with Crippen molar-refractivity contribution in [2.45, 2.75) is 52.0 Å². The zero-order chi connectivity index (χ0) is 19.5.